The Labute approximate surface area is 76.5 Å². The van der Waals surface area contributed by atoms with Crippen molar-refractivity contribution in [1.82, 2.24) is 0 Å². The van der Waals surface area contributed by atoms with E-state index in [4.69, 9.17) is 14.7 Å². The van der Waals surface area contributed by atoms with Crippen LogP contribution in [-0.2, 0) is 0 Å². The van der Waals surface area contributed by atoms with Crippen LogP contribution >= 0.6 is 0 Å². The Hall–Kier alpha value is -1.69. The summed E-state index contributed by atoms with van der Waals surface area (Å²) in [5.41, 5.74) is 1.09. The van der Waals surface area contributed by atoms with Gasteiger partial charge in [0.1, 0.15) is 0 Å². The van der Waals surface area contributed by atoms with Crippen molar-refractivity contribution >= 4 is 0 Å². The van der Waals surface area contributed by atoms with Crippen molar-refractivity contribution in [1.29, 1.82) is 5.26 Å². The summed E-state index contributed by atoms with van der Waals surface area (Å²) in [4.78, 5) is 0. The predicted octanol–water partition coefficient (Wildman–Crippen LogP) is 2.01. The van der Waals surface area contributed by atoms with Crippen molar-refractivity contribution in [2.75, 3.05) is 0 Å². The number of ether oxygens (including phenoxy) is 2. The largest absolute Gasteiger partial charge is 0.437 e. The van der Waals surface area contributed by atoms with Gasteiger partial charge in [0.25, 0.3) is 0 Å². The molecule has 1 aliphatic heterocycles. The third kappa shape index (κ3) is 1.20. The molecule has 66 valence electrons. The van der Waals surface area contributed by atoms with Crippen molar-refractivity contribution in [2.45, 2.75) is 19.6 Å². The molecule has 0 fully saturated rings. The second-order valence-corrected chi connectivity index (χ2v) is 3.21. The van der Waals surface area contributed by atoms with Gasteiger partial charge < -0.3 is 9.47 Å². The summed E-state index contributed by atoms with van der Waals surface area (Å²) < 4.78 is 10.7. The number of aryl methyl sites for hydroxylation is 1. The molecule has 3 heteroatoms. The molecule has 0 N–H and O–H groups in total. The van der Waals surface area contributed by atoms with Gasteiger partial charge in [0.15, 0.2) is 17.6 Å². The Balaban J connectivity index is 2.42. The standard InChI is InChI=1S/C10H9NO2/c1-7-3-4-8-9(5-7)13-10(2,6-11)12-8/h3-5H,1-2H3. The normalized spacial score (nSPS) is 24.1. The average Bonchev–Trinajstić information content (AvgIpc) is 2.42. The molecule has 1 unspecified atom stereocenters. The topological polar surface area (TPSA) is 42.2 Å². The highest BCUT2D eigenvalue weighted by atomic mass is 16.7. The summed E-state index contributed by atoms with van der Waals surface area (Å²) in [6.07, 6.45) is 0. The van der Waals surface area contributed by atoms with Crippen LogP contribution in [0.25, 0.3) is 0 Å². The Morgan fingerprint density at radius 1 is 1.31 bits per heavy atom. The third-order valence-electron chi connectivity index (χ3n) is 1.91. The van der Waals surface area contributed by atoms with Gasteiger partial charge in [0, 0.05) is 6.92 Å². The van der Waals surface area contributed by atoms with Crippen LogP contribution in [0.2, 0.25) is 0 Å². The van der Waals surface area contributed by atoms with E-state index in [-0.39, 0.29) is 0 Å². The van der Waals surface area contributed by atoms with Gasteiger partial charge in [-0.3, -0.25) is 0 Å². The number of hydrogen-bond donors (Lipinski definition) is 0. The van der Waals surface area contributed by atoms with Crippen LogP contribution in [0, 0.1) is 18.3 Å². The highest BCUT2D eigenvalue weighted by molar-refractivity contribution is 5.46. The monoisotopic (exact) mass is 175 g/mol. The summed E-state index contributed by atoms with van der Waals surface area (Å²) >= 11 is 0. The van der Waals surface area contributed by atoms with Crippen molar-refractivity contribution in [2.24, 2.45) is 0 Å². The minimum atomic E-state index is -1.16. The number of hydrogen-bond acceptors (Lipinski definition) is 3. The number of nitriles is 1. The van der Waals surface area contributed by atoms with Gasteiger partial charge >= 0.3 is 5.79 Å². The Morgan fingerprint density at radius 3 is 2.69 bits per heavy atom. The summed E-state index contributed by atoms with van der Waals surface area (Å²) in [6.45, 7) is 3.56. The van der Waals surface area contributed by atoms with Gasteiger partial charge in [0.2, 0.25) is 0 Å². The molecule has 2 rings (SSSR count). The fourth-order valence-electron chi connectivity index (χ4n) is 1.27. The number of fused-ring (bicyclic) bond motifs is 1. The molecule has 1 aliphatic rings. The van der Waals surface area contributed by atoms with Crippen molar-refractivity contribution < 1.29 is 9.47 Å². The van der Waals surface area contributed by atoms with Gasteiger partial charge in [-0.25, -0.2) is 0 Å². The molecule has 1 aromatic rings. The minimum absolute atomic E-state index is 0.634. The van der Waals surface area contributed by atoms with E-state index in [2.05, 4.69) is 0 Å². The fraction of sp³-hybridized carbons (Fsp3) is 0.300. The lowest BCUT2D eigenvalue weighted by Crippen LogP contribution is -2.32. The molecule has 0 spiro atoms. The second kappa shape index (κ2) is 2.40. The predicted molar refractivity (Wildman–Crippen MR) is 46.5 cm³/mol. The summed E-state index contributed by atoms with van der Waals surface area (Å²) in [7, 11) is 0. The zero-order chi connectivity index (χ0) is 9.47. The van der Waals surface area contributed by atoms with E-state index in [1.807, 2.05) is 31.2 Å². The lowest BCUT2D eigenvalue weighted by Gasteiger charge is -2.12. The quantitative estimate of drug-likeness (QED) is 0.605. The summed E-state index contributed by atoms with van der Waals surface area (Å²) in [5.74, 6) is 0.120. The van der Waals surface area contributed by atoms with Gasteiger partial charge in [-0.2, -0.15) is 5.26 Å². The first-order chi connectivity index (χ1) is 6.13. The maximum atomic E-state index is 8.77. The maximum Gasteiger partial charge on any atom is 0.339 e. The lowest BCUT2D eigenvalue weighted by molar-refractivity contribution is -0.00645. The Bertz CT molecular complexity index is 394. The van der Waals surface area contributed by atoms with Crippen LogP contribution in [0.4, 0.5) is 0 Å². The molecule has 0 amide bonds. The van der Waals surface area contributed by atoms with Crippen LogP contribution in [0.15, 0.2) is 18.2 Å². The van der Waals surface area contributed by atoms with Crippen molar-refractivity contribution in [3.63, 3.8) is 0 Å². The molecule has 13 heavy (non-hydrogen) atoms. The molecular weight excluding hydrogens is 166 g/mol. The summed E-state index contributed by atoms with van der Waals surface area (Å²) in [6, 6.07) is 7.56. The van der Waals surface area contributed by atoms with E-state index in [0.29, 0.717) is 11.5 Å². The molecule has 0 radical (unpaired) electrons. The summed E-state index contributed by atoms with van der Waals surface area (Å²) in [5, 5.41) is 8.77. The van der Waals surface area contributed by atoms with E-state index < -0.39 is 5.79 Å². The molecule has 0 bridgehead atoms. The molecule has 0 saturated heterocycles. The van der Waals surface area contributed by atoms with Gasteiger partial charge in [-0.15, -0.1) is 0 Å². The van der Waals surface area contributed by atoms with E-state index in [0.717, 1.165) is 5.56 Å². The highest BCUT2D eigenvalue weighted by Crippen LogP contribution is 2.39. The first kappa shape index (κ1) is 7.93. The maximum absolute atomic E-state index is 8.77. The molecule has 0 saturated carbocycles. The molecule has 0 aromatic heterocycles. The van der Waals surface area contributed by atoms with Gasteiger partial charge in [-0.1, -0.05) is 6.07 Å². The highest BCUT2D eigenvalue weighted by Gasteiger charge is 2.36. The van der Waals surface area contributed by atoms with E-state index in [9.17, 15) is 0 Å². The zero-order valence-electron chi connectivity index (χ0n) is 7.50. The zero-order valence-corrected chi connectivity index (χ0v) is 7.50. The Kier molecular flexibility index (Phi) is 1.46. The van der Waals surface area contributed by atoms with Crippen LogP contribution < -0.4 is 9.47 Å². The first-order valence-electron chi connectivity index (χ1n) is 4.03. The number of benzene rings is 1. The lowest BCUT2D eigenvalue weighted by atomic mass is 10.2. The van der Waals surface area contributed by atoms with Gasteiger partial charge in [-0.05, 0) is 24.6 Å². The fourth-order valence-corrected chi connectivity index (χ4v) is 1.27. The van der Waals surface area contributed by atoms with Crippen LogP contribution in [0.5, 0.6) is 11.5 Å². The molecule has 1 atom stereocenters. The van der Waals surface area contributed by atoms with E-state index in [1.54, 1.807) is 6.92 Å². The third-order valence-corrected chi connectivity index (χ3v) is 1.91. The SMILES string of the molecule is Cc1ccc2c(c1)OC(C)(C#N)O2. The first-order valence-corrected chi connectivity index (χ1v) is 4.03. The molecule has 1 aromatic carbocycles. The number of rotatable bonds is 0. The van der Waals surface area contributed by atoms with Crippen LogP contribution in [0.3, 0.4) is 0 Å². The van der Waals surface area contributed by atoms with E-state index >= 15 is 0 Å². The molecular formula is C10H9NO2. The van der Waals surface area contributed by atoms with Gasteiger partial charge in [0.05, 0.1) is 0 Å². The van der Waals surface area contributed by atoms with Crippen molar-refractivity contribution in [3.05, 3.63) is 23.8 Å². The number of nitrogens with zero attached hydrogens (tertiary/aromatic N) is 1. The smallest absolute Gasteiger partial charge is 0.339 e. The Morgan fingerprint density at radius 2 is 2.00 bits per heavy atom. The van der Waals surface area contributed by atoms with Crippen LogP contribution in [-0.4, -0.2) is 5.79 Å². The average molecular weight is 175 g/mol. The minimum Gasteiger partial charge on any atom is -0.437 e. The molecule has 1 heterocycles. The molecule has 3 nitrogen and oxygen atoms in total. The second-order valence-electron chi connectivity index (χ2n) is 3.21. The molecule has 0 aliphatic carbocycles. The van der Waals surface area contributed by atoms with Crippen LogP contribution in [0.1, 0.15) is 12.5 Å². The van der Waals surface area contributed by atoms with E-state index in [1.165, 1.54) is 0 Å². The van der Waals surface area contributed by atoms with Crippen molar-refractivity contribution in [3.8, 4) is 17.6 Å².